The molecule has 1 heterocycles. The van der Waals surface area contributed by atoms with Crippen LogP contribution in [0, 0.1) is 5.53 Å². The van der Waals surface area contributed by atoms with Crippen LogP contribution >= 0.6 is 0 Å². The van der Waals surface area contributed by atoms with Gasteiger partial charge >= 0.3 is 0 Å². The Morgan fingerprint density at radius 3 is 2.63 bits per heavy atom. The fourth-order valence-corrected chi connectivity index (χ4v) is 3.66. The van der Waals surface area contributed by atoms with Crippen LogP contribution in [-0.4, -0.2) is 4.57 Å². The predicted octanol–water partition coefficient (Wildman–Crippen LogP) is 7.56. The molecule has 0 radical (unpaired) electrons. The zero-order chi connectivity index (χ0) is 20.8. The molecule has 0 unspecified atom stereocenters. The van der Waals surface area contributed by atoms with Crippen molar-refractivity contribution in [2.24, 2.45) is 5.11 Å². The summed E-state index contributed by atoms with van der Waals surface area (Å²) in [5, 5.41) is 5.05. The average Bonchev–Trinajstić information content (AvgIpc) is 3.23. The van der Waals surface area contributed by atoms with Crippen molar-refractivity contribution in [3.8, 4) is 5.69 Å². The van der Waals surface area contributed by atoms with Gasteiger partial charge in [-0.3, -0.25) is 0 Å². The van der Waals surface area contributed by atoms with Crippen LogP contribution in [0.1, 0.15) is 12.0 Å². The van der Waals surface area contributed by atoms with Gasteiger partial charge < -0.3 is 4.57 Å². The number of aromatic nitrogens is 1. The Morgan fingerprint density at radius 1 is 1.03 bits per heavy atom. The normalized spacial score (nSPS) is 15.7. The van der Waals surface area contributed by atoms with Gasteiger partial charge in [0.2, 0.25) is 0 Å². The van der Waals surface area contributed by atoms with Gasteiger partial charge in [-0.05, 0) is 47.9 Å². The highest BCUT2D eigenvalue weighted by Crippen LogP contribution is 2.32. The molecular formula is C27H23N3. The lowest BCUT2D eigenvalue weighted by Gasteiger charge is -2.13. The van der Waals surface area contributed by atoms with Crippen molar-refractivity contribution in [1.82, 2.24) is 4.57 Å². The van der Waals surface area contributed by atoms with Crippen molar-refractivity contribution < 1.29 is 0 Å². The van der Waals surface area contributed by atoms with Crippen molar-refractivity contribution in [2.45, 2.75) is 6.42 Å². The molecule has 0 bridgehead atoms. The highest BCUT2D eigenvalue weighted by molar-refractivity contribution is 5.89. The van der Waals surface area contributed by atoms with E-state index in [1.165, 1.54) is 0 Å². The molecule has 3 aromatic rings. The molecule has 4 rings (SSSR count). The molecule has 0 atom stereocenters. The Kier molecular flexibility index (Phi) is 5.81. The summed E-state index contributed by atoms with van der Waals surface area (Å²) >= 11 is 0. The SMILES string of the molecule is C=C\C=C/C=C(/C(N=N)=C1/C=CC=CC1)c1ccc2c(ccn2-c2ccccc2)c1. The van der Waals surface area contributed by atoms with Gasteiger partial charge in [0.15, 0.2) is 0 Å². The van der Waals surface area contributed by atoms with Crippen molar-refractivity contribution in [2.75, 3.05) is 0 Å². The highest BCUT2D eigenvalue weighted by Gasteiger charge is 2.14. The van der Waals surface area contributed by atoms with Crippen LogP contribution in [0.4, 0.5) is 0 Å². The Labute approximate surface area is 176 Å². The maximum atomic E-state index is 7.86. The van der Waals surface area contributed by atoms with Gasteiger partial charge in [-0.25, -0.2) is 5.53 Å². The number of nitrogens with one attached hydrogen (secondary N) is 1. The molecule has 1 N–H and O–H groups in total. The maximum Gasteiger partial charge on any atom is 0.0963 e. The summed E-state index contributed by atoms with van der Waals surface area (Å²) in [6, 6.07) is 18.8. The average molecular weight is 390 g/mol. The van der Waals surface area contributed by atoms with Crippen molar-refractivity contribution in [3.05, 3.63) is 133 Å². The number of allylic oxidation sites excluding steroid dienone is 10. The van der Waals surface area contributed by atoms with E-state index in [0.717, 1.165) is 39.7 Å². The van der Waals surface area contributed by atoms with E-state index in [-0.39, 0.29) is 0 Å². The summed E-state index contributed by atoms with van der Waals surface area (Å²) in [5.74, 6) is 0. The van der Waals surface area contributed by atoms with Gasteiger partial charge in [-0.15, -0.1) is 0 Å². The second-order valence-corrected chi connectivity index (χ2v) is 6.97. The minimum absolute atomic E-state index is 0.686. The van der Waals surface area contributed by atoms with E-state index in [1.54, 1.807) is 6.08 Å². The Bertz CT molecular complexity index is 1230. The summed E-state index contributed by atoms with van der Waals surface area (Å²) in [5.41, 5.74) is 13.8. The molecule has 1 aliphatic rings. The molecule has 3 heteroatoms. The molecule has 1 aromatic heterocycles. The van der Waals surface area contributed by atoms with E-state index in [9.17, 15) is 0 Å². The summed E-state index contributed by atoms with van der Waals surface area (Å²) in [6.07, 6.45) is 18.5. The summed E-state index contributed by atoms with van der Waals surface area (Å²) < 4.78 is 2.18. The van der Waals surface area contributed by atoms with Gasteiger partial charge in [0.1, 0.15) is 0 Å². The zero-order valence-corrected chi connectivity index (χ0v) is 16.7. The lowest BCUT2D eigenvalue weighted by molar-refractivity contribution is 1.06. The zero-order valence-electron chi connectivity index (χ0n) is 16.7. The first-order valence-electron chi connectivity index (χ1n) is 9.92. The molecule has 2 aromatic carbocycles. The van der Waals surface area contributed by atoms with Crippen LogP contribution in [0.2, 0.25) is 0 Å². The fourth-order valence-electron chi connectivity index (χ4n) is 3.66. The number of para-hydroxylation sites is 1. The van der Waals surface area contributed by atoms with Crippen molar-refractivity contribution in [3.63, 3.8) is 0 Å². The Hall–Kier alpha value is -3.98. The monoisotopic (exact) mass is 389 g/mol. The van der Waals surface area contributed by atoms with Crippen LogP contribution in [0.15, 0.2) is 132 Å². The fraction of sp³-hybridized carbons (Fsp3) is 0.0370. The van der Waals surface area contributed by atoms with Crippen molar-refractivity contribution >= 4 is 16.5 Å². The van der Waals surface area contributed by atoms with Gasteiger partial charge in [-0.1, -0.05) is 79.5 Å². The van der Waals surface area contributed by atoms with E-state index in [1.807, 2.05) is 54.7 Å². The lowest BCUT2D eigenvalue weighted by atomic mass is 9.95. The van der Waals surface area contributed by atoms with Gasteiger partial charge in [0.05, 0.1) is 11.2 Å². The van der Waals surface area contributed by atoms with Crippen molar-refractivity contribution in [1.29, 1.82) is 5.53 Å². The lowest BCUT2D eigenvalue weighted by Crippen LogP contribution is -1.95. The van der Waals surface area contributed by atoms with E-state index in [2.05, 4.69) is 64.9 Å². The number of hydrogen-bond acceptors (Lipinski definition) is 2. The molecule has 0 amide bonds. The van der Waals surface area contributed by atoms with Crippen LogP contribution in [-0.2, 0) is 0 Å². The number of nitrogens with zero attached hydrogens (tertiary/aromatic N) is 2. The molecule has 146 valence electrons. The number of benzene rings is 2. The molecule has 3 nitrogen and oxygen atoms in total. The van der Waals surface area contributed by atoms with Gasteiger partial charge in [0.25, 0.3) is 0 Å². The Balaban J connectivity index is 1.83. The first kappa shape index (κ1) is 19.3. The molecular weight excluding hydrogens is 366 g/mol. The molecule has 0 fully saturated rings. The largest absolute Gasteiger partial charge is 0.317 e. The minimum atomic E-state index is 0.686. The highest BCUT2D eigenvalue weighted by atomic mass is 15.0. The summed E-state index contributed by atoms with van der Waals surface area (Å²) in [6.45, 7) is 3.75. The Morgan fingerprint density at radius 2 is 1.90 bits per heavy atom. The topological polar surface area (TPSA) is 41.1 Å². The maximum absolute atomic E-state index is 7.86. The minimum Gasteiger partial charge on any atom is -0.317 e. The molecule has 0 spiro atoms. The van der Waals surface area contributed by atoms with E-state index < -0.39 is 0 Å². The van der Waals surface area contributed by atoms with Crippen LogP contribution in [0.25, 0.3) is 22.2 Å². The smallest absolute Gasteiger partial charge is 0.0963 e. The van der Waals surface area contributed by atoms with E-state index in [0.29, 0.717) is 5.70 Å². The first-order chi connectivity index (χ1) is 14.8. The number of rotatable bonds is 6. The second kappa shape index (κ2) is 9.01. The molecule has 30 heavy (non-hydrogen) atoms. The molecule has 0 aliphatic heterocycles. The number of hydrogen-bond donors (Lipinski definition) is 1. The molecule has 0 saturated carbocycles. The first-order valence-corrected chi connectivity index (χ1v) is 9.92. The quantitative estimate of drug-likeness (QED) is 0.334. The van der Waals surface area contributed by atoms with E-state index >= 15 is 0 Å². The molecule has 1 aliphatic carbocycles. The third kappa shape index (κ3) is 3.91. The third-order valence-electron chi connectivity index (χ3n) is 5.10. The third-order valence-corrected chi connectivity index (χ3v) is 5.10. The summed E-state index contributed by atoms with van der Waals surface area (Å²) in [4.78, 5) is 0. The predicted molar refractivity (Wildman–Crippen MR) is 126 cm³/mol. The number of fused-ring (bicyclic) bond motifs is 1. The van der Waals surface area contributed by atoms with Crippen LogP contribution in [0.5, 0.6) is 0 Å². The van der Waals surface area contributed by atoms with Crippen LogP contribution < -0.4 is 0 Å². The van der Waals surface area contributed by atoms with Crippen LogP contribution in [0.3, 0.4) is 0 Å². The standard InChI is InChI=1S/C27H23N3/c1-2-3-6-15-25(27(29-28)21-11-7-4-8-12-21)22-16-17-26-23(20-22)18-19-30(26)24-13-9-5-10-14-24/h2-11,13-20,28H,1,12H2/b6-3-,25-15+,27-21+,29-28?. The summed E-state index contributed by atoms with van der Waals surface area (Å²) in [7, 11) is 0. The molecule has 0 saturated heterocycles. The van der Waals surface area contributed by atoms with Gasteiger partial charge in [-0.2, -0.15) is 5.11 Å². The van der Waals surface area contributed by atoms with E-state index in [4.69, 9.17) is 5.53 Å². The van der Waals surface area contributed by atoms with Gasteiger partial charge in [0, 0.05) is 22.8 Å². The second-order valence-electron chi connectivity index (χ2n) is 6.97.